The number of hydrogen-bond donors (Lipinski definition) is 1. The highest BCUT2D eigenvalue weighted by Gasteiger charge is 2.24. The third-order valence-electron chi connectivity index (χ3n) is 4.88. The van der Waals surface area contributed by atoms with Crippen LogP contribution in [0.5, 0.6) is 0 Å². The van der Waals surface area contributed by atoms with Gasteiger partial charge in [0.15, 0.2) is 11.5 Å². The summed E-state index contributed by atoms with van der Waals surface area (Å²) in [5, 5.41) is 12.8. The molecule has 0 bridgehead atoms. The predicted octanol–water partition coefficient (Wildman–Crippen LogP) is 3.91. The van der Waals surface area contributed by atoms with Crippen molar-refractivity contribution in [1.29, 1.82) is 0 Å². The molecule has 0 fully saturated rings. The van der Waals surface area contributed by atoms with E-state index in [9.17, 15) is 4.79 Å². The SMILES string of the molecule is Cc1ccc(-n2ncc3c(-n4nc(C)cc4NC(=O)C(C)(C)C)ncnc32)c(C)c1. The fraction of sp³-hybridized carbons (Fsp3) is 0.318. The van der Waals surface area contributed by atoms with E-state index in [1.54, 1.807) is 15.6 Å². The molecule has 1 N–H and O–H groups in total. The highest BCUT2D eigenvalue weighted by Crippen LogP contribution is 2.26. The highest BCUT2D eigenvalue weighted by atomic mass is 16.2. The molecule has 1 aromatic carbocycles. The van der Waals surface area contributed by atoms with Gasteiger partial charge in [-0.15, -0.1) is 0 Å². The van der Waals surface area contributed by atoms with Gasteiger partial charge in [-0.2, -0.15) is 14.9 Å². The number of fused-ring (bicyclic) bond motifs is 1. The van der Waals surface area contributed by atoms with Crippen LogP contribution >= 0.6 is 0 Å². The first kappa shape index (κ1) is 19.8. The summed E-state index contributed by atoms with van der Waals surface area (Å²) in [5.41, 5.74) is 4.17. The second-order valence-corrected chi connectivity index (χ2v) is 8.57. The van der Waals surface area contributed by atoms with Crippen molar-refractivity contribution in [2.24, 2.45) is 5.41 Å². The Bertz CT molecular complexity index is 1260. The Morgan fingerprint density at radius 1 is 1.03 bits per heavy atom. The first-order valence-corrected chi connectivity index (χ1v) is 9.80. The van der Waals surface area contributed by atoms with Crippen LogP contribution in [0.25, 0.3) is 22.5 Å². The topological polar surface area (TPSA) is 90.5 Å². The van der Waals surface area contributed by atoms with Crippen LogP contribution in [0.1, 0.15) is 37.6 Å². The third-order valence-corrected chi connectivity index (χ3v) is 4.88. The van der Waals surface area contributed by atoms with Gasteiger partial charge >= 0.3 is 0 Å². The van der Waals surface area contributed by atoms with Gasteiger partial charge in [0.05, 0.1) is 23.0 Å². The maximum absolute atomic E-state index is 12.5. The second-order valence-electron chi connectivity index (χ2n) is 8.57. The van der Waals surface area contributed by atoms with Gasteiger partial charge in [0.2, 0.25) is 5.91 Å². The average molecular weight is 403 g/mol. The van der Waals surface area contributed by atoms with Gasteiger partial charge in [0.25, 0.3) is 0 Å². The molecule has 0 unspecified atom stereocenters. The number of aromatic nitrogens is 6. The monoisotopic (exact) mass is 403 g/mol. The fourth-order valence-electron chi connectivity index (χ4n) is 3.27. The molecular weight excluding hydrogens is 378 g/mol. The van der Waals surface area contributed by atoms with E-state index in [4.69, 9.17) is 0 Å². The van der Waals surface area contributed by atoms with Crippen LogP contribution in [-0.4, -0.2) is 35.4 Å². The van der Waals surface area contributed by atoms with E-state index in [0.29, 0.717) is 17.3 Å². The van der Waals surface area contributed by atoms with Crippen LogP contribution in [0.3, 0.4) is 0 Å². The van der Waals surface area contributed by atoms with Crippen molar-refractivity contribution >= 4 is 22.8 Å². The molecule has 30 heavy (non-hydrogen) atoms. The zero-order chi connectivity index (χ0) is 21.6. The molecule has 1 amide bonds. The summed E-state index contributed by atoms with van der Waals surface area (Å²) < 4.78 is 3.44. The molecule has 4 rings (SSSR count). The molecule has 4 aromatic rings. The summed E-state index contributed by atoms with van der Waals surface area (Å²) in [6.45, 7) is 11.6. The summed E-state index contributed by atoms with van der Waals surface area (Å²) in [5.74, 6) is 1.03. The lowest BCUT2D eigenvalue weighted by atomic mass is 9.96. The van der Waals surface area contributed by atoms with E-state index >= 15 is 0 Å². The summed E-state index contributed by atoms with van der Waals surface area (Å²) in [6.07, 6.45) is 3.22. The Kier molecular flexibility index (Phi) is 4.64. The molecule has 8 nitrogen and oxygen atoms in total. The van der Waals surface area contributed by atoms with Crippen molar-refractivity contribution < 1.29 is 4.79 Å². The van der Waals surface area contributed by atoms with Crippen LogP contribution in [0.2, 0.25) is 0 Å². The molecule has 0 saturated heterocycles. The smallest absolute Gasteiger partial charge is 0.230 e. The Morgan fingerprint density at radius 3 is 2.50 bits per heavy atom. The molecular formula is C22H25N7O. The van der Waals surface area contributed by atoms with Gasteiger partial charge < -0.3 is 5.32 Å². The Labute approximate surface area is 175 Å². The lowest BCUT2D eigenvalue weighted by Crippen LogP contribution is -2.28. The van der Waals surface area contributed by atoms with E-state index in [1.165, 1.54) is 11.9 Å². The standard InChI is InChI=1S/C22H25N7O/c1-13-7-8-17(14(2)9-13)28-19-16(11-25-28)20(24-12-23-19)29-18(10-15(3)27-29)26-21(30)22(4,5)6/h7-12H,1-6H3,(H,26,30). The largest absolute Gasteiger partial charge is 0.310 e. The van der Waals surface area contributed by atoms with Crippen LogP contribution in [0.15, 0.2) is 36.8 Å². The van der Waals surface area contributed by atoms with Gasteiger partial charge in [-0.25, -0.2) is 14.6 Å². The number of benzene rings is 1. The van der Waals surface area contributed by atoms with Gasteiger partial charge in [-0.05, 0) is 32.4 Å². The van der Waals surface area contributed by atoms with Gasteiger partial charge in [-0.1, -0.05) is 38.5 Å². The van der Waals surface area contributed by atoms with Crippen molar-refractivity contribution in [1.82, 2.24) is 29.5 Å². The summed E-state index contributed by atoms with van der Waals surface area (Å²) in [4.78, 5) is 21.5. The van der Waals surface area contributed by atoms with Gasteiger partial charge in [0, 0.05) is 11.5 Å². The number of nitrogens with zero attached hydrogens (tertiary/aromatic N) is 6. The second kappa shape index (κ2) is 7.05. The van der Waals surface area contributed by atoms with Crippen LogP contribution in [0, 0.1) is 26.2 Å². The van der Waals surface area contributed by atoms with E-state index in [2.05, 4.69) is 51.5 Å². The molecule has 0 atom stereocenters. The molecule has 0 aliphatic heterocycles. The molecule has 3 heterocycles. The summed E-state index contributed by atoms with van der Waals surface area (Å²) >= 11 is 0. The number of nitrogens with one attached hydrogen (secondary N) is 1. The number of anilines is 1. The Hall–Kier alpha value is -3.55. The zero-order valence-electron chi connectivity index (χ0n) is 18.1. The number of hydrogen-bond acceptors (Lipinski definition) is 5. The summed E-state index contributed by atoms with van der Waals surface area (Å²) in [7, 11) is 0. The lowest BCUT2D eigenvalue weighted by molar-refractivity contribution is -0.123. The van der Waals surface area contributed by atoms with Crippen molar-refractivity contribution in [2.75, 3.05) is 5.32 Å². The van der Waals surface area contributed by atoms with Crippen LogP contribution in [-0.2, 0) is 4.79 Å². The molecule has 154 valence electrons. The van der Waals surface area contributed by atoms with E-state index in [-0.39, 0.29) is 5.91 Å². The van der Waals surface area contributed by atoms with Gasteiger partial charge in [0.1, 0.15) is 12.1 Å². The number of carbonyl (C=O) groups excluding carboxylic acids is 1. The van der Waals surface area contributed by atoms with E-state index < -0.39 is 5.41 Å². The Morgan fingerprint density at radius 2 is 1.80 bits per heavy atom. The number of aryl methyl sites for hydroxylation is 3. The molecule has 0 spiro atoms. The molecule has 3 aromatic heterocycles. The van der Waals surface area contributed by atoms with Crippen LogP contribution in [0.4, 0.5) is 5.82 Å². The van der Waals surface area contributed by atoms with E-state index in [0.717, 1.165) is 22.3 Å². The van der Waals surface area contributed by atoms with Crippen LogP contribution < -0.4 is 5.32 Å². The molecule has 0 radical (unpaired) electrons. The minimum atomic E-state index is -0.530. The number of amides is 1. The Balaban J connectivity index is 1.84. The van der Waals surface area contributed by atoms with Crippen molar-refractivity contribution in [2.45, 2.75) is 41.5 Å². The minimum absolute atomic E-state index is 0.0973. The summed E-state index contributed by atoms with van der Waals surface area (Å²) in [6, 6.07) is 8.02. The average Bonchev–Trinajstić information content (AvgIpc) is 3.24. The molecule has 8 heteroatoms. The number of rotatable bonds is 3. The quantitative estimate of drug-likeness (QED) is 0.560. The highest BCUT2D eigenvalue weighted by molar-refractivity contribution is 5.94. The van der Waals surface area contributed by atoms with Crippen molar-refractivity contribution in [3.63, 3.8) is 0 Å². The molecule has 0 aliphatic carbocycles. The van der Waals surface area contributed by atoms with Crippen molar-refractivity contribution in [3.8, 4) is 11.5 Å². The maximum atomic E-state index is 12.5. The minimum Gasteiger partial charge on any atom is -0.310 e. The fourth-order valence-corrected chi connectivity index (χ4v) is 3.27. The third kappa shape index (κ3) is 3.45. The first-order valence-electron chi connectivity index (χ1n) is 9.80. The number of carbonyl (C=O) groups is 1. The zero-order valence-corrected chi connectivity index (χ0v) is 18.1. The molecule has 0 aliphatic rings. The normalized spacial score (nSPS) is 11.8. The predicted molar refractivity (Wildman–Crippen MR) is 116 cm³/mol. The first-order chi connectivity index (χ1) is 14.1. The lowest BCUT2D eigenvalue weighted by Gasteiger charge is -2.18. The van der Waals surface area contributed by atoms with Crippen molar-refractivity contribution in [3.05, 3.63) is 53.6 Å². The van der Waals surface area contributed by atoms with E-state index in [1.807, 2.05) is 39.8 Å². The maximum Gasteiger partial charge on any atom is 0.230 e. The van der Waals surface area contributed by atoms with Gasteiger partial charge in [-0.3, -0.25) is 4.79 Å². The molecule has 0 saturated carbocycles.